The SMILES string of the molecule is Cc1ccc(NCCc2ccccn2)c(N)c1. The molecular formula is C14H17N3. The van der Waals surface area contributed by atoms with Crippen molar-refractivity contribution in [1.82, 2.24) is 4.98 Å². The van der Waals surface area contributed by atoms with Crippen molar-refractivity contribution in [1.29, 1.82) is 0 Å². The molecule has 1 heterocycles. The summed E-state index contributed by atoms with van der Waals surface area (Å²) in [5, 5.41) is 3.32. The first-order valence-corrected chi connectivity index (χ1v) is 5.75. The van der Waals surface area contributed by atoms with Gasteiger partial charge in [0.1, 0.15) is 0 Å². The summed E-state index contributed by atoms with van der Waals surface area (Å²) in [5.41, 5.74) is 9.98. The van der Waals surface area contributed by atoms with Crippen molar-refractivity contribution < 1.29 is 0 Å². The number of hydrogen-bond acceptors (Lipinski definition) is 3. The van der Waals surface area contributed by atoms with Crippen LogP contribution in [0.1, 0.15) is 11.3 Å². The lowest BCUT2D eigenvalue weighted by atomic mass is 10.2. The van der Waals surface area contributed by atoms with E-state index in [0.717, 1.165) is 30.0 Å². The quantitative estimate of drug-likeness (QED) is 0.789. The number of aromatic nitrogens is 1. The van der Waals surface area contributed by atoms with Gasteiger partial charge >= 0.3 is 0 Å². The number of pyridine rings is 1. The normalized spacial score (nSPS) is 10.2. The highest BCUT2D eigenvalue weighted by atomic mass is 14.9. The molecule has 17 heavy (non-hydrogen) atoms. The van der Waals surface area contributed by atoms with Crippen molar-refractivity contribution in [3.05, 3.63) is 53.9 Å². The van der Waals surface area contributed by atoms with E-state index in [2.05, 4.69) is 16.4 Å². The van der Waals surface area contributed by atoms with E-state index >= 15 is 0 Å². The Balaban J connectivity index is 1.90. The van der Waals surface area contributed by atoms with E-state index in [0.29, 0.717) is 0 Å². The molecular weight excluding hydrogens is 210 g/mol. The van der Waals surface area contributed by atoms with Crippen molar-refractivity contribution in [2.24, 2.45) is 0 Å². The van der Waals surface area contributed by atoms with Crippen LogP contribution in [0.2, 0.25) is 0 Å². The Morgan fingerprint density at radius 2 is 2.12 bits per heavy atom. The first kappa shape index (κ1) is 11.5. The molecule has 0 saturated heterocycles. The van der Waals surface area contributed by atoms with E-state index < -0.39 is 0 Å². The predicted molar refractivity (Wildman–Crippen MR) is 72.0 cm³/mol. The smallest absolute Gasteiger partial charge is 0.0574 e. The van der Waals surface area contributed by atoms with Gasteiger partial charge in [0, 0.05) is 24.9 Å². The molecule has 0 saturated carbocycles. The van der Waals surface area contributed by atoms with Gasteiger partial charge in [-0.25, -0.2) is 0 Å². The minimum Gasteiger partial charge on any atom is -0.397 e. The van der Waals surface area contributed by atoms with Crippen LogP contribution in [0.3, 0.4) is 0 Å². The Morgan fingerprint density at radius 3 is 2.82 bits per heavy atom. The Hall–Kier alpha value is -2.03. The van der Waals surface area contributed by atoms with Crippen LogP contribution in [0.5, 0.6) is 0 Å². The average molecular weight is 227 g/mol. The highest BCUT2D eigenvalue weighted by Gasteiger charge is 1.98. The minimum atomic E-state index is 0.797. The molecule has 1 aromatic carbocycles. The van der Waals surface area contributed by atoms with Crippen molar-refractivity contribution in [3.8, 4) is 0 Å². The van der Waals surface area contributed by atoms with Gasteiger partial charge in [-0.2, -0.15) is 0 Å². The molecule has 0 atom stereocenters. The zero-order chi connectivity index (χ0) is 12.1. The molecule has 0 bridgehead atoms. The number of rotatable bonds is 4. The molecule has 1 aromatic heterocycles. The molecule has 0 radical (unpaired) electrons. The Morgan fingerprint density at radius 1 is 1.24 bits per heavy atom. The number of hydrogen-bond donors (Lipinski definition) is 2. The summed E-state index contributed by atoms with van der Waals surface area (Å²) in [6.07, 6.45) is 2.71. The maximum atomic E-state index is 5.92. The van der Waals surface area contributed by atoms with Crippen LogP contribution in [-0.2, 0) is 6.42 Å². The van der Waals surface area contributed by atoms with Crippen LogP contribution in [0.4, 0.5) is 11.4 Å². The minimum absolute atomic E-state index is 0.797. The van der Waals surface area contributed by atoms with Gasteiger partial charge in [0.05, 0.1) is 11.4 Å². The van der Waals surface area contributed by atoms with Gasteiger partial charge in [-0.3, -0.25) is 4.98 Å². The zero-order valence-electron chi connectivity index (χ0n) is 9.98. The molecule has 3 nitrogen and oxygen atoms in total. The fourth-order valence-corrected chi connectivity index (χ4v) is 1.71. The Labute approximate surface area is 102 Å². The number of nitrogens with zero attached hydrogens (tertiary/aromatic N) is 1. The van der Waals surface area contributed by atoms with Crippen LogP contribution in [0.25, 0.3) is 0 Å². The topological polar surface area (TPSA) is 50.9 Å². The van der Waals surface area contributed by atoms with E-state index in [1.165, 1.54) is 5.56 Å². The monoisotopic (exact) mass is 227 g/mol. The molecule has 0 amide bonds. The molecule has 0 aliphatic heterocycles. The fraction of sp³-hybridized carbons (Fsp3) is 0.214. The molecule has 0 fully saturated rings. The van der Waals surface area contributed by atoms with Crippen LogP contribution >= 0.6 is 0 Å². The molecule has 3 N–H and O–H groups in total. The summed E-state index contributed by atoms with van der Waals surface area (Å²) >= 11 is 0. The van der Waals surface area contributed by atoms with Gasteiger partial charge in [0.25, 0.3) is 0 Å². The fourth-order valence-electron chi connectivity index (χ4n) is 1.71. The number of aryl methyl sites for hydroxylation is 1. The van der Waals surface area contributed by atoms with E-state index in [1.54, 1.807) is 0 Å². The predicted octanol–water partition coefficient (Wildman–Crippen LogP) is 2.63. The van der Waals surface area contributed by atoms with Gasteiger partial charge < -0.3 is 11.1 Å². The van der Waals surface area contributed by atoms with E-state index in [1.807, 2.05) is 43.5 Å². The Bertz CT molecular complexity index is 480. The molecule has 0 unspecified atom stereocenters. The number of nitrogens with two attached hydrogens (primary N) is 1. The van der Waals surface area contributed by atoms with Crippen molar-refractivity contribution in [3.63, 3.8) is 0 Å². The summed E-state index contributed by atoms with van der Waals surface area (Å²) in [4.78, 5) is 4.28. The summed E-state index contributed by atoms with van der Waals surface area (Å²) in [6, 6.07) is 12.0. The van der Waals surface area contributed by atoms with Crippen molar-refractivity contribution in [2.45, 2.75) is 13.3 Å². The first-order valence-electron chi connectivity index (χ1n) is 5.75. The molecule has 0 aliphatic rings. The van der Waals surface area contributed by atoms with Crippen LogP contribution in [-0.4, -0.2) is 11.5 Å². The maximum absolute atomic E-state index is 5.92. The highest BCUT2D eigenvalue weighted by Crippen LogP contribution is 2.19. The third-order valence-electron chi connectivity index (χ3n) is 2.63. The van der Waals surface area contributed by atoms with E-state index in [9.17, 15) is 0 Å². The standard InChI is InChI=1S/C14H17N3/c1-11-5-6-14(13(15)10-11)17-9-7-12-4-2-3-8-16-12/h2-6,8,10,17H,7,9,15H2,1H3. The van der Waals surface area contributed by atoms with Crippen LogP contribution in [0, 0.1) is 6.92 Å². The number of anilines is 2. The second kappa shape index (κ2) is 5.34. The van der Waals surface area contributed by atoms with Gasteiger partial charge in [-0.1, -0.05) is 12.1 Å². The lowest BCUT2D eigenvalue weighted by Crippen LogP contribution is -2.07. The van der Waals surface area contributed by atoms with Gasteiger partial charge in [-0.05, 0) is 36.8 Å². The van der Waals surface area contributed by atoms with E-state index in [4.69, 9.17) is 5.73 Å². The summed E-state index contributed by atoms with van der Waals surface area (Å²) in [7, 11) is 0. The third-order valence-corrected chi connectivity index (χ3v) is 2.63. The summed E-state index contributed by atoms with van der Waals surface area (Å²) in [6.45, 7) is 2.87. The van der Waals surface area contributed by atoms with Gasteiger partial charge in [-0.15, -0.1) is 0 Å². The summed E-state index contributed by atoms with van der Waals surface area (Å²) in [5.74, 6) is 0. The molecule has 2 rings (SSSR count). The highest BCUT2D eigenvalue weighted by molar-refractivity contribution is 5.66. The molecule has 0 aliphatic carbocycles. The second-order valence-corrected chi connectivity index (χ2v) is 4.09. The van der Waals surface area contributed by atoms with Crippen LogP contribution < -0.4 is 11.1 Å². The molecule has 3 heteroatoms. The number of nitrogen functional groups attached to an aromatic ring is 1. The first-order chi connectivity index (χ1) is 8.25. The third kappa shape index (κ3) is 3.21. The van der Waals surface area contributed by atoms with Gasteiger partial charge in [0.2, 0.25) is 0 Å². The second-order valence-electron chi connectivity index (χ2n) is 4.09. The van der Waals surface area contributed by atoms with Gasteiger partial charge in [0.15, 0.2) is 0 Å². The number of nitrogens with one attached hydrogen (secondary N) is 1. The maximum Gasteiger partial charge on any atom is 0.0574 e. The van der Waals surface area contributed by atoms with Crippen molar-refractivity contribution in [2.75, 3.05) is 17.6 Å². The van der Waals surface area contributed by atoms with E-state index in [-0.39, 0.29) is 0 Å². The lowest BCUT2D eigenvalue weighted by Gasteiger charge is -2.09. The molecule has 2 aromatic rings. The Kier molecular flexibility index (Phi) is 3.60. The van der Waals surface area contributed by atoms with Crippen molar-refractivity contribution >= 4 is 11.4 Å². The van der Waals surface area contributed by atoms with Crippen LogP contribution in [0.15, 0.2) is 42.6 Å². The number of benzene rings is 1. The summed E-state index contributed by atoms with van der Waals surface area (Å²) < 4.78 is 0. The lowest BCUT2D eigenvalue weighted by molar-refractivity contribution is 0.962. The largest absolute Gasteiger partial charge is 0.397 e. The average Bonchev–Trinajstić information content (AvgIpc) is 2.33. The molecule has 0 spiro atoms. The zero-order valence-corrected chi connectivity index (χ0v) is 9.98. The molecule has 88 valence electrons.